The molecule has 1 aromatic heterocycles. The summed E-state index contributed by atoms with van der Waals surface area (Å²) in [5, 5.41) is 0. The van der Waals surface area contributed by atoms with Crippen molar-refractivity contribution in [3.8, 4) is 5.88 Å². The van der Waals surface area contributed by atoms with Crippen LogP contribution in [0, 0.1) is 0 Å². The number of hydrogen-bond acceptors (Lipinski definition) is 3. The molecule has 8 heteroatoms. The second-order valence-corrected chi connectivity index (χ2v) is 2.93. The van der Waals surface area contributed by atoms with Crippen LogP contribution in [0.1, 0.15) is 27.9 Å². The quantitative estimate of drug-likeness (QED) is 0.615. The Bertz CT molecular complexity index is 430. The highest BCUT2D eigenvalue weighted by atomic mass is 19.4. The monoisotopic (exact) mass is 255 g/mol. The van der Waals surface area contributed by atoms with Gasteiger partial charge in [0.1, 0.15) is 0 Å². The third-order valence-electron chi connectivity index (χ3n) is 1.94. The van der Waals surface area contributed by atoms with Crippen LogP contribution in [0.25, 0.3) is 0 Å². The van der Waals surface area contributed by atoms with Gasteiger partial charge >= 0.3 is 6.18 Å². The highest BCUT2D eigenvalue weighted by Crippen LogP contribution is 2.40. The van der Waals surface area contributed by atoms with E-state index in [0.717, 1.165) is 7.11 Å². The largest absolute Gasteiger partial charge is 0.480 e. The maximum Gasteiger partial charge on any atom is 0.417 e. The molecule has 0 unspecified atom stereocenters. The van der Waals surface area contributed by atoms with Gasteiger partial charge in [0.25, 0.3) is 6.43 Å². The zero-order valence-corrected chi connectivity index (χ0v) is 8.39. The molecule has 1 rings (SSSR count). The van der Waals surface area contributed by atoms with Gasteiger partial charge in [0.15, 0.2) is 6.29 Å². The fraction of sp³-hybridized carbons (Fsp3) is 0.333. The number of pyridine rings is 1. The van der Waals surface area contributed by atoms with Crippen molar-refractivity contribution in [2.45, 2.75) is 12.6 Å². The fourth-order valence-electron chi connectivity index (χ4n) is 1.28. The third kappa shape index (κ3) is 2.51. The molecule has 1 aromatic rings. The van der Waals surface area contributed by atoms with Crippen LogP contribution in [0.3, 0.4) is 0 Å². The van der Waals surface area contributed by atoms with E-state index in [-0.39, 0.29) is 6.29 Å². The third-order valence-corrected chi connectivity index (χ3v) is 1.94. The number of aromatic nitrogens is 1. The van der Waals surface area contributed by atoms with E-state index in [9.17, 15) is 26.7 Å². The van der Waals surface area contributed by atoms with Gasteiger partial charge in [-0.1, -0.05) is 0 Å². The molecule has 0 saturated heterocycles. The number of carbonyl (C=O) groups excluding carboxylic acids is 1. The van der Waals surface area contributed by atoms with Crippen molar-refractivity contribution in [2.24, 2.45) is 0 Å². The zero-order chi connectivity index (χ0) is 13.2. The fourth-order valence-corrected chi connectivity index (χ4v) is 1.28. The Morgan fingerprint density at radius 1 is 1.41 bits per heavy atom. The molecule has 0 aliphatic rings. The molecule has 0 radical (unpaired) electrons. The SMILES string of the molecule is COc1ncc(C(F)F)c(C(F)(F)F)c1C=O. The minimum Gasteiger partial charge on any atom is -0.480 e. The van der Waals surface area contributed by atoms with E-state index >= 15 is 0 Å². The van der Waals surface area contributed by atoms with Gasteiger partial charge in [0, 0.05) is 11.8 Å². The van der Waals surface area contributed by atoms with Crippen molar-refractivity contribution in [1.82, 2.24) is 4.98 Å². The van der Waals surface area contributed by atoms with Gasteiger partial charge in [-0.05, 0) is 0 Å². The summed E-state index contributed by atoms with van der Waals surface area (Å²) in [6.45, 7) is 0. The highest BCUT2D eigenvalue weighted by Gasteiger charge is 2.40. The van der Waals surface area contributed by atoms with Gasteiger partial charge in [-0.25, -0.2) is 13.8 Å². The molecular formula is C9H6F5NO2. The molecule has 0 aliphatic carbocycles. The Balaban J connectivity index is 3.62. The van der Waals surface area contributed by atoms with Gasteiger partial charge < -0.3 is 4.74 Å². The number of rotatable bonds is 3. The van der Waals surface area contributed by atoms with Crippen LogP contribution < -0.4 is 4.74 Å². The van der Waals surface area contributed by atoms with Gasteiger partial charge in [0.05, 0.1) is 18.2 Å². The Hall–Kier alpha value is -1.73. The number of halogens is 5. The summed E-state index contributed by atoms with van der Waals surface area (Å²) < 4.78 is 67.0. The lowest BCUT2D eigenvalue weighted by atomic mass is 10.0. The summed E-state index contributed by atoms with van der Waals surface area (Å²) in [4.78, 5) is 13.8. The molecule has 94 valence electrons. The molecule has 3 nitrogen and oxygen atoms in total. The summed E-state index contributed by atoms with van der Waals surface area (Å²) in [6.07, 6.45) is -8.33. The summed E-state index contributed by atoms with van der Waals surface area (Å²) >= 11 is 0. The standard InChI is InChI=1S/C9H6F5NO2/c1-17-8-5(3-16)6(9(12,13)14)4(2-15-8)7(10)11/h2-3,7H,1H3. The van der Waals surface area contributed by atoms with Gasteiger partial charge in [-0.15, -0.1) is 0 Å². The zero-order valence-electron chi connectivity index (χ0n) is 8.39. The molecule has 0 fully saturated rings. The van der Waals surface area contributed by atoms with Gasteiger partial charge in [0.2, 0.25) is 5.88 Å². The second kappa shape index (κ2) is 4.64. The Labute approximate surface area is 92.2 Å². The Morgan fingerprint density at radius 2 is 2.00 bits per heavy atom. The molecule has 0 atom stereocenters. The van der Waals surface area contributed by atoms with E-state index in [1.807, 2.05) is 0 Å². The molecule has 0 aromatic carbocycles. The van der Waals surface area contributed by atoms with Crippen LogP contribution in [0.2, 0.25) is 0 Å². The molecule has 0 aliphatic heterocycles. The van der Waals surface area contributed by atoms with Crippen molar-refractivity contribution in [3.05, 3.63) is 22.9 Å². The molecule has 0 N–H and O–H groups in total. The summed E-state index contributed by atoms with van der Waals surface area (Å²) in [5.74, 6) is -0.642. The number of aldehydes is 1. The first-order valence-electron chi connectivity index (χ1n) is 4.20. The molecule has 0 bridgehead atoms. The van der Waals surface area contributed by atoms with E-state index in [1.54, 1.807) is 0 Å². The first kappa shape index (κ1) is 13.3. The molecule has 0 amide bonds. The van der Waals surface area contributed by atoms with E-state index in [0.29, 0.717) is 6.20 Å². The van der Waals surface area contributed by atoms with Crippen LogP contribution >= 0.6 is 0 Å². The van der Waals surface area contributed by atoms with Crippen LogP contribution in [-0.4, -0.2) is 18.4 Å². The normalized spacial score (nSPS) is 11.7. The van der Waals surface area contributed by atoms with Crippen molar-refractivity contribution in [2.75, 3.05) is 7.11 Å². The number of hydrogen-bond donors (Lipinski definition) is 0. The molecule has 0 saturated carbocycles. The molecule has 0 spiro atoms. The maximum atomic E-state index is 12.6. The van der Waals surface area contributed by atoms with Crippen molar-refractivity contribution in [1.29, 1.82) is 0 Å². The van der Waals surface area contributed by atoms with E-state index in [4.69, 9.17) is 0 Å². The second-order valence-electron chi connectivity index (χ2n) is 2.93. The lowest BCUT2D eigenvalue weighted by Gasteiger charge is -2.15. The predicted molar refractivity (Wildman–Crippen MR) is 46.1 cm³/mol. The van der Waals surface area contributed by atoms with E-state index in [1.165, 1.54) is 0 Å². The number of ether oxygens (including phenoxy) is 1. The van der Waals surface area contributed by atoms with Crippen molar-refractivity contribution < 1.29 is 31.5 Å². The minimum absolute atomic E-state index is 0.208. The maximum absolute atomic E-state index is 12.6. The minimum atomic E-state index is -5.09. The smallest absolute Gasteiger partial charge is 0.417 e. The van der Waals surface area contributed by atoms with Crippen molar-refractivity contribution in [3.63, 3.8) is 0 Å². The number of methoxy groups -OCH3 is 1. The highest BCUT2D eigenvalue weighted by molar-refractivity contribution is 5.81. The predicted octanol–water partition coefficient (Wildman–Crippen LogP) is 2.86. The van der Waals surface area contributed by atoms with E-state index in [2.05, 4.69) is 9.72 Å². The first-order valence-corrected chi connectivity index (χ1v) is 4.20. The van der Waals surface area contributed by atoms with Crippen molar-refractivity contribution >= 4 is 6.29 Å². The number of carbonyl (C=O) groups is 1. The van der Waals surface area contributed by atoms with Crippen LogP contribution in [0.5, 0.6) is 5.88 Å². The lowest BCUT2D eigenvalue weighted by molar-refractivity contribution is -0.140. The molecular weight excluding hydrogens is 249 g/mol. The topological polar surface area (TPSA) is 39.2 Å². The van der Waals surface area contributed by atoms with Crippen LogP contribution in [0.15, 0.2) is 6.20 Å². The average molecular weight is 255 g/mol. The van der Waals surface area contributed by atoms with Crippen LogP contribution in [0.4, 0.5) is 22.0 Å². The summed E-state index contributed by atoms with van der Waals surface area (Å²) in [6, 6.07) is 0. The van der Waals surface area contributed by atoms with Gasteiger partial charge in [-0.2, -0.15) is 13.2 Å². The molecule has 1 heterocycles. The Kier molecular flexibility index (Phi) is 3.64. The van der Waals surface area contributed by atoms with E-state index < -0.39 is 35.2 Å². The van der Waals surface area contributed by atoms with Crippen LogP contribution in [-0.2, 0) is 6.18 Å². The van der Waals surface area contributed by atoms with Gasteiger partial charge in [-0.3, -0.25) is 4.79 Å². The lowest BCUT2D eigenvalue weighted by Crippen LogP contribution is -2.15. The number of alkyl halides is 5. The Morgan fingerprint density at radius 3 is 2.35 bits per heavy atom. The number of nitrogens with zero attached hydrogens (tertiary/aromatic N) is 1. The summed E-state index contributed by atoms with van der Waals surface area (Å²) in [5.41, 5.74) is -4.09. The average Bonchev–Trinajstić information content (AvgIpc) is 2.25. The summed E-state index contributed by atoms with van der Waals surface area (Å²) in [7, 11) is 0.984. The first-order chi connectivity index (χ1) is 7.82. The molecule has 17 heavy (non-hydrogen) atoms.